The molecule has 4 rings (SSSR count). The first kappa shape index (κ1) is 17.0. The van der Waals surface area contributed by atoms with E-state index in [0.717, 1.165) is 34.5 Å². The van der Waals surface area contributed by atoms with Crippen LogP contribution in [0.15, 0.2) is 59.7 Å². The van der Waals surface area contributed by atoms with Gasteiger partial charge in [-0.3, -0.25) is 4.57 Å². The third-order valence-electron chi connectivity index (χ3n) is 4.64. The van der Waals surface area contributed by atoms with Crippen molar-refractivity contribution in [2.45, 2.75) is 20.0 Å². The van der Waals surface area contributed by atoms with Gasteiger partial charge in [0.15, 0.2) is 0 Å². The van der Waals surface area contributed by atoms with Crippen LogP contribution < -0.4 is 5.69 Å². The topological polar surface area (TPSA) is 57.6 Å². The molecule has 2 aromatic carbocycles. The highest BCUT2D eigenvalue weighted by Gasteiger charge is 2.06. The Morgan fingerprint density at radius 2 is 1.81 bits per heavy atom. The van der Waals surface area contributed by atoms with E-state index in [1.807, 2.05) is 48.5 Å². The van der Waals surface area contributed by atoms with Crippen molar-refractivity contribution >= 4 is 23.2 Å². The summed E-state index contributed by atoms with van der Waals surface area (Å²) in [5.74, 6) is 0.949. The van der Waals surface area contributed by atoms with Gasteiger partial charge in [0.2, 0.25) is 0 Å². The average molecular weight is 359 g/mol. The summed E-state index contributed by atoms with van der Waals surface area (Å²) in [5.41, 5.74) is 4.20. The van der Waals surface area contributed by atoms with Gasteiger partial charge in [-0.2, -0.15) is 5.10 Å². The summed E-state index contributed by atoms with van der Waals surface area (Å²) in [4.78, 5) is 16.6. The predicted octanol–water partition coefficient (Wildman–Crippen LogP) is 3.17. The van der Waals surface area contributed by atoms with Gasteiger partial charge in [-0.05, 0) is 36.3 Å². The zero-order valence-electron chi connectivity index (χ0n) is 15.4. The summed E-state index contributed by atoms with van der Waals surface area (Å²) in [6, 6.07) is 16.3. The molecule has 0 saturated carbocycles. The van der Waals surface area contributed by atoms with E-state index in [9.17, 15) is 4.79 Å². The molecule has 0 aliphatic carbocycles. The molecule has 0 bridgehead atoms. The summed E-state index contributed by atoms with van der Waals surface area (Å²) in [7, 11) is 1.65. The Hall–Kier alpha value is -3.41. The van der Waals surface area contributed by atoms with Crippen molar-refractivity contribution < 1.29 is 0 Å². The molecule has 0 aliphatic rings. The summed E-state index contributed by atoms with van der Waals surface area (Å²) in [5, 5.41) is 3.97. The molecule has 27 heavy (non-hydrogen) atoms. The Balaban J connectivity index is 1.55. The van der Waals surface area contributed by atoms with Gasteiger partial charge in [0.05, 0.1) is 17.6 Å². The van der Waals surface area contributed by atoms with Crippen molar-refractivity contribution in [2.24, 2.45) is 7.05 Å². The van der Waals surface area contributed by atoms with E-state index < -0.39 is 0 Å². The number of para-hydroxylation sites is 2. The molecule has 0 spiro atoms. The van der Waals surface area contributed by atoms with E-state index in [2.05, 4.69) is 28.7 Å². The predicted molar refractivity (Wildman–Crippen MR) is 107 cm³/mol. The minimum atomic E-state index is -0.113. The molecule has 4 aromatic rings. The number of benzene rings is 2. The zero-order chi connectivity index (χ0) is 18.8. The van der Waals surface area contributed by atoms with E-state index in [4.69, 9.17) is 4.98 Å². The highest BCUT2D eigenvalue weighted by molar-refractivity contribution is 5.79. The van der Waals surface area contributed by atoms with Gasteiger partial charge in [-0.25, -0.2) is 14.5 Å². The Kier molecular flexibility index (Phi) is 4.46. The van der Waals surface area contributed by atoms with E-state index >= 15 is 0 Å². The van der Waals surface area contributed by atoms with Crippen molar-refractivity contribution in [3.8, 4) is 0 Å². The number of rotatable bonds is 5. The van der Waals surface area contributed by atoms with Gasteiger partial charge in [-0.15, -0.1) is 0 Å². The molecular weight excluding hydrogens is 338 g/mol. The van der Waals surface area contributed by atoms with E-state index in [0.29, 0.717) is 6.54 Å². The lowest BCUT2D eigenvalue weighted by Gasteiger charge is -2.03. The van der Waals surface area contributed by atoms with Crippen LogP contribution in [0.4, 0.5) is 0 Å². The smallest absolute Gasteiger partial charge is 0.325 e. The first-order chi connectivity index (χ1) is 13.2. The van der Waals surface area contributed by atoms with Crippen molar-refractivity contribution in [3.05, 3.63) is 82.3 Å². The molecule has 6 nitrogen and oxygen atoms in total. The lowest BCUT2D eigenvalue weighted by Crippen LogP contribution is -2.22. The molecule has 136 valence electrons. The van der Waals surface area contributed by atoms with Gasteiger partial charge in [0, 0.05) is 13.6 Å². The maximum Gasteiger partial charge on any atom is 0.345 e. The molecule has 0 amide bonds. The van der Waals surface area contributed by atoms with Crippen LogP contribution in [0.25, 0.3) is 23.2 Å². The number of aromatic nitrogens is 5. The maximum absolute atomic E-state index is 11.9. The molecule has 0 fully saturated rings. The molecule has 0 unspecified atom stereocenters. The largest absolute Gasteiger partial charge is 0.345 e. The average Bonchev–Trinajstić information content (AvgIpc) is 3.21. The molecule has 0 radical (unpaired) electrons. The van der Waals surface area contributed by atoms with Gasteiger partial charge in [-0.1, -0.05) is 42.5 Å². The van der Waals surface area contributed by atoms with E-state index in [1.165, 1.54) is 4.68 Å². The fourth-order valence-electron chi connectivity index (χ4n) is 3.19. The van der Waals surface area contributed by atoms with Crippen LogP contribution in [-0.2, 0) is 20.1 Å². The summed E-state index contributed by atoms with van der Waals surface area (Å²) >= 11 is 0. The molecule has 0 atom stereocenters. The Morgan fingerprint density at radius 3 is 2.52 bits per heavy atom. The lowest BCUT2D eigenvalue weighted by atomic mass is 10.1. The highest BCUT2D eigenvalue weighted by Crippen LogP contribution is 2.18. The molecule has 6 heteroatoms. The standard InChI is InChI=1S/C21H21N5O/c1-3-26-19-7-5-4-6-18(19)23-20(26)13-12-16-8-10-17(11-9-16)14-25-15-22-24(2)21(25)27/h4-13,15H,3,14H2,1-2H3/b13-12+. The molecule has 2 heterocycles. The number of hydrogen-bond acceptors (Lipinski definition) is 3. The van der Waals surface area contributed by atoms with Crippen molar-refractivity contribution in [3.63, 3.8) is 0 Å². The van der Waals surface area contributed by atoms with Gasteiger partial charge in [0.25, 0.3) is 0 Å². The molecular formula is C21H21N5O. The highest BCUT2D eigenvalue weighted by atomic mass is 16.2. The van der Waals surface area contributed by atoms with Crippen molar-refractivity contribution in [1.29, 1.82) is 0 Å². The van der Waals surface area contributed by atoms with Crippen LogP contribution >= 0.6 is 0 Å². The number of fused-ring (bicyclic) bond motifs is 1. The van der Waals surface area contributed by atoms with Gasteiger partial charge in [0.1, 0.15) is 12.2 Å². The number of nitrogens with zero attached hydrogens (tertiary/aromatic N) is 5. The molecule has 2 aromatic heterocycles. The summed E-state index contributed by atoms with van der Waals surface area (Å²) in [6.45, 7) is 3.52. The molecule has 0 aliphatic heterocycles. The second kappa shape index (κ2) is 7.07. The Morgan fingerprint density at radius 1 is 1.04 bits per heavy atom. The number of aryl methyl sites for hydroxylation is 2. The van der Waals surface area contributed by atoms with Crippen LogP contribution in [0.1, 0.15) is 23.9 Å². The molecule has 0 N–H and O–H groups in total. The third kappa shape index (κ3) is 3.33. The third-order valence-corrected chi connectivity index (χ3v) is 4.64. The fourth-order valence-corrected chi connectivity index (χ4v) is 3.19. The Labute approximate surface area is 157 Å². The minimum Gasteiger partial charge on any atom is -0.325 e. The van der Waals surface area contributed by atoms with Gasteiger partial charge >= 0.3 is 5.69 Å². The van der Waals surface area contributed by atoms with Crippen LogP contribution in [0.2, 0.25) is 0 Å². The minimum absolute atomic E-state index is 0.113. The Bertz CT molecular complexity index is 1160. The van der Waals surface area contributed by atoms with Crippen molar-refractivity contribution in [2.75, 3.05) is 0 Å². The van der Waals surface area contributed by atoms with E-state index in [1.54, 1.807) is 17.9 Å². The summed E-state index contributed by atoms with van der Waals surface area (Å²) in [6.07, 6.45) is 5.67. The van der Waals surface area contributed by atoms with Crippen LogP contribution in [0.5, 0.6) is 0 Å². The van der Waals surface area contributed by atoms with Crippen LogP contribution in [0, 0.1) is 0 Å². The number of imidazole rings is 1. The SMILES string of the molecule is CCn1c(/C=C/c2ccc(Cn3cnn(C)c3=O)cc2)nc2ccccc21. The lowest BCUT2D eigenvalue weighted by molar-refractivity contribution is 0.691. The zero-order valence-corrected chi connectivity index (χ0v) is 15.4. The van der Waals surface area contributed by atoms with Gasteiger partial charge < -0.3 is 4.57 Å². The van der Waals surface area contributed by atoms with Crippen LogP contribution in [0.3, 0.4) is 0 Å². The fraction of sp³-hybridized carbons (Fsp3) is 0.190. The van der Waals surface area contributed by atoms with Crippen LogP contribution in [-0.4, -0.2) is 23.9 Å². The molecule has 0 saturated heterocycles. The first-order valence-electron chi connectivity index (χ1n) is 8.96. The summed E-state index contributed by atoms with van der Waals surface area (Å²) < 4.78 is 5.13. The number of hydrogen-bond donors (Lipinski definition) is 0. The first-order valence-corrected chi connectivity index (χ1v) is 8.96. The second-order valence-electron chi connectivity index (χ2n) is 6.44. The normalized spacial score (nSPS) is 11.6. The monoisotopic (exact) mass is 359 g/mol. The second-order valence-corrected chi connectivity index (χ2v) is 6.44. The quantitative estimate of drug-likeness (QED) is 0.550. The van der Waals surface area contributed by atoms with Crippen molar-refractivity contribution in [1.82, 2.24) is 23.9 Å². The van der Waals surface area contributed by atoms with E-state index in [-0.39, 0.29) is 5.69 Å². The maximum atomic E-state index is 11.9.